The van der Waals surface area contributed by atoms with Crippen LogP contribution in [0.3, 0.4) is 0 Å². The van der Waals surface area contributed by atoms with Gasteiger partial charge >= 0.3 is 0 Å². The van der Waals surface area contributed by atoms with E-state index in [1.807, 2.05) is 31.2 Å². The summed E-state index contributed by atoms with van der Waals surface area (Å²) in [6.07, 6.45) is 1.20. The molecule has 0 saturated heterocycles. The molecule has 17 heavy (non-hydrogen) atoms. The molecular weight excluding hydrogens is 257 g/mol. The number of benzene rings is 1. The highest BCUT2D eigenvalue weighted by atomic mass is 35.5. The fraction of sp³-hybridized carbons (Fsp3) is 0.385. The molecule has 4 heteroatoms. The average Bonchev–Trinajstić information content (AvgIpc) is 2.36. The maximum atomic E-state index is 5.80. The standard InChI is InChI=1S/C13H17Cl2NO/c1-3-10(2)17-13-6-4-5-12(7-13)16-9-11(15)8-14/h4-8,10,16H,3,9H2,1-2H3. The second-order valence-electron chi connectivity index (χ2n) is 3.77. The van der Waals surface area contributed by atoms with Crippen molar-refractivity contribution in [3.8, 4) is 5.75 Å². The third-order valence-corrected chi connectivity index (χ3v) is 2.94. The summed E-state index contributed by atoms with van der Waals surface area (Å²) in [5, 5.41) is 3.73. The van der Waals surface area contributed by atoms with E-state index in [4.69, 9.17) is 27.9 Å². The molecular formula is C13H17Cl2NO. The molecule has 0 amide bonds. The highest BCUT2D eigenvalue weighted by Gasteiger charge is 2.02. The van der Waals surface area contributed by atoms with Crippen molar-refractivity contribution >= 4 is 28.9 Å². The number of hydrogen-bond acceptors (Lipinski definition) is 2. The summed E-state index contributed by atoms with van der Waals surface area (Å²) in [4.78, 5) is 0. The molecule has 0 radical (unpaired) electrons. The van der Waals surface area contributed by atoms with E-state index in [-0.39, 0.29) is 6.10 Å². The Morgan fingerprint density at radius 2 is 2.29 bits per heavy atom. The predicted molar refractivity (Wildman–Crippen MR) is 75.1 cm³/mol. The van der Waals surface area contributed by atoms with Crippen LogP contribution in [0.5, 0.6) is 5.75 Å². The molecule has 1 aromatic rings. The van der Waals surface area contributed by atoms with Gasteiger partial charge in [-0.15, -0.1) is 0 Å². The van der Waals surface area contributed by atoms with E-state index in [0.29, 0.717) is 11.6 Å². The molecule has 0 spiro atoms. The lowest BCUT2D eigenvalue weighted by molar-refractivity contribution is 0.217. The molecule has 1 N–H and O–H groups in total. The molecule has 0 aliphatic heterocycles. The zero-order valence-corrected chi connectivity index (χ0v) is 11.6. The molecule has 94 valence electrons. The van der Waals surface area contributed by atoms with Crippen molar-refractivity contribution in [1.29, 1.82) is 0 Å². The average molecular weight is 274 g/mol. The van der Waals surface area contributed by atoms with Crippen LogP contribution >= 0.6 is 23.2 Å². The summed E-state index contributed by atoms with van der Waals surface area (Å²) in [7, 11) is 0. The van der Waals surface area contributed by atoms with Gasteiger partial charge in [-0.05, 0) is 25.5 Å². The lowest BCUT2D eigenvalue weighted by Gasteiger charge is -2.13. The van der Waals surface area contributed by atoms with Crippen LogP contribution in [-0.4, -0.2) is 12.6 Å². The number of ether oxygens (including phenoxy) is 1. The quantitative estimate of drug-likeness (QED) is 0.818. The van der Waals surface area contributed by atoms with Gasteiger partial charge in [-0.2, -0.15) is 0 Å². The number of rotatable bonds is 6. The Morgan fingerprint density at radius 3 is 2.94 bits per heavy atom. The fourth-order valence-corrected chi connectivity index (χ4v) is 1.36. The first-order chi connectivity index (χ1) is 8.15. The van der Waals surface area contributed by atoms with Crippen molar-refractivity contribution in [2.45, 2.75) is 26.4 Å². The second kappa shape index (κ2) is 7.46. The van der Waals surface area contributed by atoms with Crippen LogP contribution in [0.25, 0.3) is 0 Å². The Balaban J connectivity index is 2.59. The lowest BCUT2D eigenvalue weighted by Crippen LogP contribution is -2.10. The van der Waals surface area contributed by atoms with E-state index in [9.17, 15) is 0 Å². The fourth-order valence-electron chi connectivity index (χ4n) is 1.22. The third kappa shape index (κ3) is 5.33. The minimum atomic E-state index is 0.219. The van der Waals surface area contributed by atoms with Gasteiger partial charge in [-0.25, -0.2) is 0 Å². The van der Waals surface area contributed by atoms with Crippen LogP contribution in [-0.2, 0) is 0 Å². The second-order valence-corrected chi connectivity index (χ2v) is 4.48. The number of halogens is 2. The van der Waals surface area contributed by atoms with E-state index < -0.39 is 0 Å². The highest BCUT2D eigenvalue weighted by Crippen LogP contribution is 2.19. The van der Waals surface area contributed by atoms with Gasteiger partial charge in [0.2, 0.25) is 0 Å². The number of anilines is 1. The van der Waals surface area contributed by atoms with Gasteiger partial charge in [0.1, 0.15) is 5.75 Å². The van der Waals surface area contributed by atoms with E-state index >= 15 is 0 Å². The topological polar surface area (TPSA) is 21.3 Å². The minimum absolute atomic E-state index is 0.219. The first-order valence-electron chi connectivity index (χ1n) is 5.61. The Kier molecular flexibility index (Phi) is 6.23. The highest BCUT2D eigenvalue weighted by molar-refractivity contribution is 6.36. The van der Waals surface area contributed by atoms with Gasteiger partial charge in [0, 0.05) is 22.3 Å². The van der Waals surface area contributed by atoms with Crippen molar-refractivity contribution in [3.05, 3.63) is 34.8 Å². The first-order valence-corrected chi connectivity index (χ1v) is 6.42. The van der Waals surface area contributed by atoms with Crippen LogP contribution < -0.4 is 10.1 Å². The van der Waals surface area contributed by atoms with Gasteiger partial charge in [0.15, 0.2) is 0 Å². The maximum absolute atomic E-state index is 5.80. The summed E-state index contributed by atoms with van der Waals surface area (Å²) in [6.45, 7) is 4.66. The van der Waals surface area contributed by atoms with Crippen molar-refractivity contribution in [2.24, 2.45) is 0 Å². The molecule has 0 bridgehead atoms. The SMILES string of the molecule is CCC(C)Oc1cccc(NCC(Cl)=CCl)c1. The van der Waals surface area contributed by atoms with E-state index in [0.717, 1.165) is 17.9 Å². The Bertz CT molecular complexity index is 379. The maximum Gasteiger partial charge on any atom is 0.121 e. The van der Waals surface area contributed by atoms with E-state index in [1.165, 1.54) is 5.54 Å². The van der Waals surface area contributed by atoms with Gasteiger partial charge in [-0.1, -0.05) is 36.2 Å². The molecule has 0 aromatic heterocycles. The molecule has 1 atom stereocenters. The molecule has 0 fully saturated rings. The normalized spacial score (nSPS) is 13.3. The number of nitrogens with one attached hydrogen (secondary N) is 1. The van der Waals surface area contributed by atoms with Crippen LogP contribution in [0.15, 0.2) is 34.8 Å². The van der Waals surface area contributed by atoms with E-state index in [1.54, 1.807) is 0 Å². The summed E-state index contributed by atoms with van der Waals surface area (Å²) >= 11 is 11.3. The largest absolute Gasteiger partial charge is 0.491 e. The van der Waals surface area contributed by atoms with Crippen LogP contribution in [0.1, 0.15) is 20.3 Å². The van der Waals surface area contributed by atoms with Crippen LogP contribution in [0, 0.1) is 0 Å². The predicted octanol–water partition coefficient (Wildman–Crippen LogP) is 4.59. The summed E-state index contributed by atoms with van der Waals surface area (Å²) in [5.74, 6) is 0.857. The molecule has 0 heterocycles. The lowest BCUT2D eigenvalue weighted by atomic mass is 10.2. The van der Waals surface area contributed by atoms with Crippen molar-refractivity contribution in [2.75, 3.05) is 11.9 Å². The van der Waals surface area contributed by atoms with Gasteiger partial charge in [-0.3, -0.25) is 0 Å². The van der Waals surface area contributed by atoms with Gasteiger partial charge in [0.25, 0.3) is 0 Å². The summed E-state index contributed by atoms with van der Waals surface area (Å²) in [6, 6.07) is 7.79. The third-order valence-electron chi connectivity index (χ3n) is 2.33. The number of hydrogen-bond donors (Lipinski definition) is 1. The summed E-state index contributed by atoms with van der Waals surface area (Å²) in [5.41, 5.74) is 2.32. The zero-order valence-electron chi connectivity index (χ0n) is 10.0. The Labute approximate surface area is 113 Å². The Hall–Kier alpha value is -0.860. The molecule has 1 aromatic carbocycles. The first kappa shape index (κ1) is 14.2. The molecule has 1 rings (SSSR count). The van der Waals surface area contributed by atoms with Crippen molar-refractivity contribution < 1.29 is 4.74 Å². The molecule has 2 nitrogen and oxygen atoms in total. The van der Waals surface area contributed by atoms with Crippen LogP contribution in [0.4, 0.5) is 5.69 Å². The molecule has 0 aliphatic carbocycles. The monoisotopic (exact) mass is 273 g/mol. The Morgan fingerprint density at radius 1 is 1.53 bits per heavy atom. The smallest absolute Gasteiger partial charge is 0.121 e. The molecule has 0 saturated carbocycles. The van der Waals surface area contributed by atoms with Gasteiger partial charge < -0.3 is 10.1 Å². The van der Waals surface area contributed by atoms with E-state index in [2.05, 4.69) is 12.2 Å². The minimum Gasteiger partial charge on any atom is -0.491 e. The summed E-state index contributed by atoms with van der Waals surface area (Å²) < 4.78 is 5.72. The van der Waals surface area contributed by atoms with Crippen molar-refractivity contribution in [1.82, 2.24) is 0 Å². The molecule has 0 aliphatic rings. The van der Waals surface area contributed by atoms with Gasteiger partial charge in [0.05, 0.1) is 12.6 Å². The molecule has 1 unspecified atom stereocenters. The van der Waals surface area contributed by atoms with Crippen molar-refractivity contribution in [3.63, 3.8) is 0 Å². The zero-order chi connectivity index (χ0) is 12.7. The van der Waals surface area contributed by atoms with Crippen LogP contribution in [0.2, 0.25) is 0 Å².